The number of nitrogens with zero attached hydrogens (tertiary/aromatic N) is 1. The molecule has 4 N–H and O–H groups in total. The van der Waals surface area contributed by atoms with Gasteiger partial charge in [0.2, 0.25) is 5.66 Å². The maximum absolute atomic E-state index is 12.2. The van der Waals surface area contributed by atoms with Crippen molar-refractivity contribution in [1.82, 2.24) is 4.90 Å². The Labute approximate surface area is 128 Å². The van der Waals surface area contributed by atoms with Gasteiger partial charge in [-0.15, -0.1) is 0 Å². The van der Waals surface area contributed by atoms with E-state index in [-0.39, 0.29) is 24.1 Å². The number of aliphatic hydroxyl groups is 1. The molecule has 1 aliphatic heterocycles. The molecule has 0 radical (unpaired) electrons. The van der Waals surface area contributed by atoms with E-state index in [9.17, 15) is 24.2 Å². The zero-order chi connectivity index (χ0) is 16.3. The summed E-state index contributed by atoms with van der Waals surface area (Å²) in [4.78, 5) is 34.6. The van der Waals surface area contributed by atoms with Gasteiger partial charge in [0.05, 0.1) is 17.7 Å². The lowest BCUT2D eigenvalue weighted by Crippen LogP contribution is -2.41. The van der Waals surface area contributed by atoms with E-state index in [2.05, 4.69) is 0 Å². The van der Waals surface area contributed by atoms with Gasteiger partial charge >= 0.3 is 8.03 Å². The Kier molecular flexibility index (Phi) is 5.37. The van der Waals surface area contributed by atoms with Gasteiger partial charge in [-0.25, -0.2) is 0 Å². The van der Waals surface area contributed by atoms with E-state index in [4.69, 9.17) is 5.73 Å². The molecule has 2 amide bonds. The minimum Gasteiger partial charge on any atom is -0.386 e. The Bertz CT molecular complexity index is 572. The van der Waals surface area contributed by atoms with Gasteiger partial charge in [0, 0.05) is 6.42 Å². The van der Waals surface area contributed by atoms with Crippen LogP contribution in [0, 0.1) is 0 Å². The minimum atomic E-state index is -2.63. The number of imide groups is 1. The number of fused-ring (bicyclic) bond motifs is 1. The molecule has 3 unspecified atom stereocenters. The fraction of sp³-hybridized carbons (Fsp3) is 0.429. The Morgan fingerprint density at radius 1 is 1.18 bits per heavy atom. The first-order chi connectivity index (χ1) is 10.5. The Morgan fingerprint density at radius 3 is 2.18 bits per heavy atom. The van der Waals surface area contributed by atoms with Crippen molar-refractivity contribution in [1.29, 1.82) is 0 Å². The smallest absolute Gasteiger partial charge is 0.386 e. The summed E-state index contributed by atoms with van der Waals surface area (Å²) in [5.74, 6) is -0.990. The average molecular weight is 325 g/mol. The van der Waals surface area contributed by atoms with E-state index >= 15 is 0 Å². The predicted octanol–water partition coefficient (Wildman–Crippen LogP) is 0.486. The summed E-state index contributed by atoms with van der Waals surface area (Å²) in [7, 11) is -2.63. The average Bonchev–Trinajstić information content (AvgIpc) is 2.73. The molecule has 0 aliphatic carbocycles. The summed E-state index contributed by atoms with van der Waals surface area (Å²) < 4.78 is 11.4. The third-order valence-corrected chi connectivity index (χ3v) is 4.85. The van der Waals surface area contributed by atoms with E-state index in [0.29, 0.717) is 13.0 Å². The van der Waals surface area contributed by atoms with Crippen molar-refractivity contribution in [2.24, 2.45) is 5.73 Å². The summed E-state index contributed by atoms with van der Waals surface area (Å²) >= 11 is 0. The molecule has 0 saturated carbocycles. The van der Waals surface area contributed by atoms with Crippen molar-refractivity contribution in [3.05, 3.63) is 35.4 Å². The molecule has 0 spiro atoms. The number of carbonyl (C=O) groups is 2. The lowest BCUT2D eigenvalue weighted by atomic mass is 10.1. The first kappa shape index (κ1) is 16.7. The van der Waals surface area contributed by atoms with Crippen molar-refractivity contribution in [2.45, 2.75) is 24.6 Å². The van der Waals surface area contributed by atoms with Gasteiger partial charge in [-0.1, -0.05) is 12.1 Å². The van der Waals surface area contributed by atoms with E-state index in [0.717, 1.165) is 4.90 Å². The van der Waals surface area contributed by atoms with Gasteiger partial charge in [0.25, 0.3) is 11.8 Å². The number of amides is 2. The zero-order valence-electron chi connectivity index (χ0n) is 11.9. The van der Waals surface area contributed by atoms with Crippen LogP contribution in [0.15, 0.2) is 24.3 Å². The second-order valence-electron chi connectivity index (χ2n) is 5.13. The lowest BCUT2D eigenvalue weighted by Gasteiger charge is -2.19. The number of β-amino-alcohol motifs (C(OH)–C–C–N with tert-alkyl or cyclic N) is 1. The quantitative estimate of drug-likeness (QED) is 0.495. The van der Waals surface area contributed by atoms with Crippen LogP contribution < -0.4 is 5.73 Å². The third kappa shape index (κ3) is 3.23. The van der Waals surface area contributed by atoms with Gasteiger partial charge < -0.3 is 10.8 Å². The molecular formula is C14H18N2O5P+. The van der Waals surface area contributed by atoms with Gasteiger partial charge in [0.15, 0.2) is 0 Å². The topological polar surface area (TPSA) is 121 Å². The molecule has 1 aliphatic rings. The number of nitrogens with two attached hydrogens (primary N) is 1. The van der Waals surface area contributed by atoms with Crippen molar-refractivity contribution in [3.8, 4) is 0 Å². The van der Waals surface area contributed by atoms with Crippen molar-refractivity contribution < 1.29 is 24.2 Å². The molecular weight excluding hydrogens is 307 g/mol. The number of carbonyl (C=O) groups excluding carboxylic acids is 2. The molecule has 0 fully saturated rings. The molecule has 0 saturated heterocycles. The van der Waals surface area contributed by atoms with Crippen LogP contribution in [0.3, 0.4) is 0 Å². The maximum Gasteiger partial charge on any atom is 0.511 e. The predicted molar refractivity (Wildman–Crippen MR) is 79.7 cm³/mol. The van der Waals surface area contributed by atoms with Gasteiger partial charge in [-0.2, -0.15) is 4.89 Å². The van der Waals surface area contributed by atoms with Crippen LogP contribution in [-0.2, 0) is 4.57 Å². The van der Waals surface area contributed by atoms with Crippen molar-refractivity contribution >= 4 is 19.8 Å². The van der Waals surface area contributed by atoms with E-state index in [1.165, 1.54) is 0 Å². The lowest BCUT2D eigenvalue weighted by molar-refractivity contribution is 0.0531. The minimum absolute atomic E-state index is 0.256. The number of benzene rings is 1. The molecule has 118 valence electrons. The molecule has 3 atom stereocenters. The second-order valence-corrected chi connectivity index (χ2v) is 6.40. The number of aliphatic hydroxyl groups excluding tert-OH is 1. The van der Waals surface area contributed by atoms with Crippen LogP contribution in [0.25, 0.3) is 0 Å². The monoisotopic (exact) mass is 325 g/mol. The van der Waals surface area contributed by atoms with Gasteiger partial charge in [-0.3, -0.25) is 14.5 Å². The largest absolute Gasteiger partial charge is 0.511 e. The van der Waals surface area contributed by atoms with Crippen molar-refractivity contribution in [2.75, 3.05) is 13.1 Å². The highest BCUT2D eigenvalue weighted by molar-refractivity contribution is 7.39. The maximum atomic E-state index is 12.2. The van der Waals surface area contributed by atoms with Crippen LogP contribution in [-0.4, -0.2) is 51.6 Å². The molecule has 7 nitrogen and oxygen atoms in total. The standard InChI is InChI=1S/C14H17N2O5P/c15-7-3-6-12(22(20)21)11(17)8-16-13(18)9-4-1-2-5-10(9)14(16)19/h1-2,4-5,11-12,17H,3,6-8,15H2/p+1. The molecule has 1 aromatic rings. The van der Waals surface area contributed by atoms with E-state index < -0.39 is 31.6 Å². The Balaban J connectivity index is 2.12. The summed E-state index contributed by atoms with van der Waals surface area (Å²) in [5, 5.41) is 10.2. The van der Waals surface area contributed by atoms with E-state index in [1.807, 2.05) is 0 Å². The highest BCUT2D eigenvalue weighted by Gasteiger charge is 2.42. The summed E-state index contributed by atoms with van der Waals surface area (Å²) in [6, 6.07) is 6.39. The fourth-order valence-electron chi connectivity index (χ4n) is 2.49. The van der Waals surface area contributed by atoms with Crippen molar-refractivity contribution in [3.63, 3.8) is 0 Å². The molecule has 1 heterocycles. The number of hydrogen-bond acceptors (Lipinski definition) is 5. The fourth-order valence-corrected chi connectivity index (χ4v) is 3.28. The third-order valence-electron chi connectivity index (χ3n) is 3.68. The molecule has 0 bridgehead atoms. The summed E-state index contributed by atoms with van der Waals surface area (Å²) in [6.45, 7) is 0.0304. The molecule has 1 aromatic carbocycles. The highest BCUT2D eigenvalue weighted by Crippen LogP contribution is 2.31. The van der Waals surface area contributed by atoms with Crippen LogP contribution in [0.1, 0.15) is 33.6 Å². The first-order valence-corrected chi connectivity index (χ1v) is 8.24. The summed E-state index contributed by atoms with van der Waals surface area (Å²) in [5.41, 5.74) is 5.02. The van der Waals surface area contributed by atoms with Gasteiger partial charge in [-0.05, 0) is 29.7 Å². The zero-order valence-corrected chi connectivity index (χ0v) is 12.8. The summed E-state index contributed by atoms with van der Waals surface area (Å²) in [6.07, 6.45) is -0.528. The SMILES string of the molecule is NCCCC(C(O)CN1C(=O)c2ccccc2C1=O)[P+](=O)O. The molecule has 2 rings (SSSR count). The first-order valence-electron chi connectivity index (χ1n) is 6.96. The van der Waals surface area contributed by atoms with Crippen LogP contribution in [0.2, 0.25) is 0 Å². The van der Waals surface area contributed by atoms with Crippen LogP contribution in [0.5, 0.6) is 0 Å². The number of hydrogen-bond donors (Lipinski definition) is 3. The molecule has 22 heavy (non-hydrogen) atoms. The number of rotatable bonds is 7. The second kappa shape index (κ2) is 7.07. The molecule has 0 aromatic heterocycles. The molecule has 8 heteroatoms. The van der Waals surface area contributed by atoms with Gasteiger partial charge in [0.1, 0.15) is 6.10 Å². The van der Waals surface area contributed by atoms with Crippen LogP contribution >= 0.6 is 8.03 Å². The Hall–Kier alpha value is -1.66. The Morgan fingerprint density at radius 2 is 1.73 bits per heavy atom. The normalized spacial score (nSPS) is 17.4. The van der Waals surface area contributed by atoms with E-state index in [1.54, 1.807) is 24.3 Å². The van der Waals surface area contributed by atoms with Crippen LogP contribution in [0.4, 0.5) is 0 Å². The highest BCUT2D eigenvalue weighted by atomic mass is 31.1.